The first-order valence-electron chi connectivity index (χ1n) is 10.2. The monoisotopic (exact) mass is 414 g/mol. The maximum atomic E-state index is 12.6. The number of rotatable bonds is 6. The van der Waals surface area contributed by atoms with E-state index in [0.717, 1.165) is 57.1 Å². The van der Waals surface area contributed by atoms with Crippen molar-refractivity contribution in [2.24, 2.45) is 0 Å². The van der Waals surface area contributed by atoms with Gasteiger partial charge in [0.05, 0.1) is 18.7 Å². The van der Waals surface area contributed by atoms with Gasteiger partial charge in [-0.3, -0.25) is 9.69 Å². The fourth-order valence-electron chi connectivity index (χ4n) is 4.03. The third kappa shape index (κ3) is 4.85. The van der Waals surface area contributed by atoms with Gasteiger partial charge in [-0.25, -0.2) is 0 Å². The van der Waals surface area contributed by atoms with Crippen LogP contribution in [0.3, 0.4) is 0 Å². The second-order valence-corrected chi connectivity index (χ2v) is 8.07. The average molecular weight is 415 g/mol. The molecule has 0 bridgehead atoms. The van der Waals surface area contributed by atoms with Crippen LogP contribution in [0.2, 0.25) is 5.02 Å². The second kappa shape index (κ2) is 9.06. The normalized spacial score (nSPS) is 16.4. The van der Waals surface area contributed by atoms with Gasteiger partial charge in [0.1, 0.15) is 11.5 Å². The highest BCUT2D eigenvalue weighted by Crippen LogP contribution is 2.27. The molecule has 2 aliphatic rings. The number of hydrogen-bond acceptors (Lipinski definition) is 4. The molecule has 0 saturated carbocycles. The fraction of sp³-hybridized carbons (Fsp3) is 0.435. The second-order valence-electron chi connectivity index (χ2n) is 7.67. The van der Waals surface area contributed by atoms with E-state index in [4.69, 9.17) is 21.1 Å². The summed E-state index contributed by atoms with van der Waals surface area (Å²) in [5, 5.41) is 0.587. The van der Waals surface area contributed by atoms with E-state index in [1.54, 1.807) is 7.11 Å². The molecule has 2 aromatic carbocycles. The summed E-state index contributed by atoms with van der Waals surface area (Å²) in [6.07, 6.45) is 2.21. The zero-order chi connectivity index (χ0) is 20.2. The molecule has 0 atom stereocenters. The van der Waals surface area contributed by atoms with Gasteiger partial charge >= 0.3 is 0 Å². The minimum atomic E-state index is 0.214. The number of piperazine rings is 1. The number of hydrogen-bond donors (Lipinski definition) is 0. The average Bonchev–Trinajstić information content (AvgIpc) is 3.20. The quantitative estimate of drug-likeness (QED) is 0.724. The van der Waals surface area contributed by atoms with Gasteiger partial charge in [0.15, 0.2) is 0 Å². The summed E-state index contributed by atoms with van der Waals surface area (Å²) in [6.45, 7) is 5.12. The van der Waals surface area contributed by atoms with Gasteiger partial charge in [-0.15, -0.1) is 0 Å². The first kappa shape index (κ1) is 20.0. The highest BCUT2D eigenvalue weighted by Gasteiger charge is 2.21. The highest BCUT2D eigenvalue weighted by atomic mass is 35.5. The fourth-order valence-corrected chi connectivity index (χ4v) is 4.31. The topological polar surface area (TPSA) is 42.0 Å². The Morgan fingerprint density at radius 2 is 1.90 bits per heavy atom. The van der Waals surface area contributed by atoms with E-state index >= 15 is 0 Å². The molecule has 6 heteroatoms. The van der Waals surface area contributed by atoms with Crippen LogP contribution in [0, 0.1) is 0 Å². The summed E-state index contributed by atoms with van der Waals surface area (Å²) in [5.74, 6) is 1.90. The Morgan fingerprint density at radius 3 is 2.66 bits per heavy atom. The highest BCUT2D eigenvalue weighted by molar-refractivity contribution is 6.32. The van der Waals surface area contributed by atoms with Gasteiger partial charge in [0, 0.05) is 45.6 Å². The van der Waals surface area contributed by atoms with Gasteiger partial charge in [0.25, 0.3) is 0 Å². The van der Waals surface area contributed by atoms with Crippen molar-refractivity contribution in [3.8, 4) is 11.5 Å². The summed E-state index contributed by atoms with van der Waals surface area (Å²) in [5.41, 5.74) is 3.70. The first-order chi connectivity index (χ1) is 14.1. The SMILES string of the molecule is COc1ccc(CCC(=O)N2CCN(Cc3ccc4c(c3)CCO4)CC2)cc1Cl. The first-order valence-corrected chi connectivity index (χ1v) is 10.6. The van der Waals surface area contributed by atoms with Crippen LogP contribution in [-0.4, -0.2) is 55.6 Å². The summed E-state index contributed by atoms with van der Waals surface area (Å²) >= 11 is 6.17. The van der Waals surface area contributed by atoms with Crippen LogP contribution in [0.1, 0.15) is 23.1 Å². The van der Waals surface area contributed by atoms with Crippen LogP contribution in [-0.2, 0) is 24.2 Å². The van der Waals surface area contributed by atoms with Crippen LogP contribution >= 0.6 is 11.6 Å². The standard InChI is InChI=1S/C23H27ClN2O3/c1-28-22-6-2-17(15-20(22)24)4-7-23(27)26-11-9-25(10-12-26)16-18-3-5-21-19(14-18)8-13-29-21/h2-3,5-6,14-15H,4,7-13,16H2,1H3. The molecule has 2 aromatic rings. The van der Waals surface area contributed by atoms with Crippen LogP contribution in [0.5, 0.6) is 11.5 Å². The van der Waals surface area contributed by atoms with Crippen LogP contribution in [0.4, 0.5) is 0 Å². The molecule has 2 heterocycles. The van der Waals surface area contributed by atoms with E-state index in [9.17, 15) is 4.79 Å². The molecule has 0 aliphatic carbocycles. The molecule has 0 N–H and O–H groups in total. The van der Waals surface area contributed by atoms with E-state index in [0.29, 0.717) is 23.6 Å². The molecule has 1 saturated heterocycles. The number of carbonyl (C=O) groups excluding carboxylic acids is 1. The predicted octanol–water partition coefficient (Wildman–Crippen LogP) is 3.56. The van der Waals surface area contributed by atoms with Crippen molar-refractivity contribution in [3.05, 3.63) is 58.1 Å². The third-order valence-electron chi connectivity index (χ3n) is 5.73. The molecule has 29 heavy (non-hydrogen) atoms. The van der Waals surface area contributed by atoms with E-state index in [-0.39, 0.29) is 5.91 Å². The molecule has 0 aromatic heterocycles. The Kier molecular flexibility index (Phi) is 6.26. The van der Waals surface area contributed by atoms with E-state index in [1.807, 2.05) is 23.1 Å². The number of fused-ring (bicyclic) bond motifs is 1. The molecule has 154 valence electrons. The van der Waals surface area contributed by atoms with E-state index < -0.39 is 0 Å². The van der Waals surface area contributed by atoms with Crippen molar-refractivity contribution < 1.29 is 14.3 Å². The van der Waals surface area contributed by atoms with Crippen molar-refractivity contribution in [1.82, 2.24) is 9.80 Å². The molecule has 0 radical (unpaired) electrons. The van der Waals surface area contributed by atoms with Crippen molar-refractivity contribution in [2.45, 2.75) is 25.8 Å². The molecule has 0 unspecified atom stereocenters. The maximum absolute atomic E-state index is 12.6. The molecule has 0 spiro atoms. The molecule has 1 amide bonds. The molecule has 4 rings (SSSR count). The lowest BCUT2D eigenvalue weighted by Crippen LogP contribution is -2.48. The number of methoxy groups -OCH3 is 1. The van der Waals surface area contributed by atoms with Gasteiger partial charge in [-0.1, -0.05) is 29.8 Å². The van der Waals surface area contributed by atoms with Crippen LogP contribution < -0.4 is 9.47 Å². The lowest BCUT2D eigenvalue weighted by atomic mass is 10.1. The minimum absolute atomic E-state index is 0.214. The number of ether oxygens (including phenoxy) is 2. The molecular formula is C23H27ClN2O3. The van der Waals surface area contributed by atoms with E-state index in [1.165, 1.54) is 11.1 Å². The van der Waals surface area contributed by atoms with Crippen molar-refractivity contribution in [1.29, 1.82) is 0 Å². The van der Waals surface area contributed by atoms with Crippen molar-refractivity contribution >= 4 is 17.5 Å². The Labute approximate surface area is 177 Å². The lowest BCUT2D eigenvalue weighted by molar-refractivity contribution is -0.133. The Morgan fingerprint density at radius 1 is 1.10 bits per heavy atom. The third-order valence-corrected chi connectivity index (χ3v) is 6.02. The number of aryl methyl sites for hydroxylation is 1. The Bertz CT molecular complexity index is 878. The van der Waals surface area contributed by atoms with Crippen molar-refractivity contribution in [2.75, 3.05) is 39.9 Å². The molecule has 2 aliphatic heterocycles. The van der Waals surface area contributed by atoms with Crippen LogP contribution in [0.15, 0.2) is 36.4 Å². The Balaban J connectivity index is 1.24. The molecular weight excluding hydrogens is 388 g/mol. The zero-order valence-electron chi connectivity index (χ0n) is 16.8. The van der Waals surface area contributed by atoms with E-state index in [2.05, 4.69) is 23.1 Å². The maximum Gasteiger partial charge on any atom is 0.222 e. The predicted molar refractivity (Wildman–Crippen MR) is 114 cm³/mol. The minimum Gasteiger partial charge on any atom is -0.495 e. The van der Waals surface area contributed by atoms with Crippen LogP contribution in [0.25, 0.3) is 0 Å². The van der Waals surface area contributed by atoms with Gasteiger partial charge in [-0.05, 0) is 41.3 Å². The molecule has 1 fully saturated rings. The number of halogens is 1. The zero-order valence-corrected chi connectivity index (χ0v) is 17.6. The molecule has 5 nitrogen and oxygen atoms in total. The number of benzene rings is 2. The summed E-state index contributed by atoms with van der Waals surface area (Å²) < 4.78 is 10.8. The van der Waals surface area contributed by atoms with Crippen molar-refractivity contribution in [3.63, 3.8) is 0 Å². The number of amides is 1. The lowest BCUT2D eigenvalue weighted by Gasteiger charge is -2.35. The summed E-state index contributed by atoms with van der Waals surface area (Å²) in [6, 6.07) is 12.2. The summed E-state index contributed by atoms with van der Waals surface area (Å²) in [7, 11) is 1.60. The van der Waals surface area contributed by atoms with Gasteiger partial charge < -0.3 is 14.4 Å². The number of nitrogens with zero attached hydrogens (tertiary/aromatic N) is 2. The van der Waals surface area contributed by atoms with Gasteiger partial charge in [0.2, 0.25) is 5.91 Å². The largest absolute Gasteiger partial charge is 0.495 e. The number of carbonyl (C=O) groups is 1. The Hall–Kier alpha value is -2.24. The smallest absolute Gasteiger partial charge is 0.222 e. The van der Waals surface area contributed by atoms with Gasteiger partial charge in [-0.2, -0.15) is 0 Å². The summed E-state index contributed by atoms with van der Waals surface area (Å²) in [4.78, 5) is 17.0.